The smallest absolute Gasteiger partial charge is 0.264 e. The average molecular weight is 664 g/mol. The van der Waals surface area contributed by atoms with Crippen molar-refractivity contribution in [1.29, 1.82) is 0 Å². The minimum Gasteiger partial charge on any atom is -0.497 e. The number of carbonyl (C=O) groups excluding carboxylic acids is 2. The van der Waals surface area contributed by atoms with Crippen LogP contribution in [0.4, 0.5) is 5.69 Å². The predicted molar refractivity (Wildman–Crippen MR) is 180 cm³/mol. The van der Waals surface area contributed by atoms with Crippen molar-refractivity contribution in [3.05, 3.63) is 119 Å². The number of sulfonamides is 1. The molecule has 4 aromatic carbocycles. The van der Waals surface area contributed by atoms with E-state index in [1.807, 2.05) is 43.3 Å². The molecule has 4 aromatic rings. The Bertz CT molecular complexity index is 1720. The van der Waals surface area contributed by atoms with E-state index in [2.05, 4.69) is 5.32 Å². The van der Waals surface area contributed by atoms with E-state index in [-0.39, 0.29) is 35.2 Å². The van der Waals surface area contributed by atoms with Crippen molar-refractivity contribution in [2.24, 2.45) is 0 Å². The quantitative estimate of drug-likeness (QED) is 0.175. The second-order valence-corrected chi connectivity index (χ2v) is 12.8. The van der Waals surface area contributed by atoms with Crippen molar-refractivity contribution in [2.75, 3.05) is 31.6 Å². The van der Waals surface area contributed by atoms with Gasteiger partial charge in [-0.25, -0.2) is 8.42 Å². The van der Waals surface area contributed by atoms with Gasteiger partial charge in [0.15, 0.2) is 0 Å². The fraction of sp³-hybridized carbons (Fsp3) is 0.257. The molecule has 4 rings (SSSR count). The lowest BCUT2D eigenvalue weighted by Crippen LogP contribution is -2.53. The standard InChI is InChI=1S/C35H38ClN3O6S/c1-4-21-37-35(41)32(23-26-11-6-5-7-12-26)38(24-27-13-10-14-28(36)22-27)34(40)25-39(31-15-8-9-16-33(31)45-3)46(42,43)30-19-17-29(44-2)18-20-30/h5-20,22,32H,4,21,23-25H2,1-3H3,(H,37,41)/t32-/m1/s1. The van der Waals surface area contributed by atoms with E-state index in [1.54, 1.807) is 42.5 Å². The highest BCUT2D eigenvalue weighted by atomic mass is 35.5. The lowest BCUT2D eigenvalue weighted by Gasteiger charge is -2.34. The number of hydrogen-bond acceptors (Lipinski definition) is 6. The van der Waals surface area contributed by atoms with Gasteiger partial charge in [0.2, 0.25) is 11.8 Å². The maximum Gasteiger partial charge on any atom is 0.264 e. The monoisotopic (exact) mass is 663 g/mol. The number of rotatable bonds is 15. The van der Waals surface area contributed by atoms with Crippen molar-refractivity contribution < 1.29 is 27.5 Å². The fourth-order valence-electron chi connectivity index (χ4n) is 4.98. The number of hydrogen-bond donors (Lipinski definition) is 1. The van der Waals surface area contributed by atoms with E-state index in [1.165, 1.54) is 43.4 Å². The first-order chi connectivity index (χ1) is 22.2. The van der Waals surface area contributed by atoms with Gasteiger partial charge in [-0.05, 0) is 66.1 Å². The van der Waals surface area contributed by atoms with Gasteiger partial charge in [0.05, 0.1) is 24.8 Å². The molecule has 0 aliphatic heterocycles. The zero-order chi connectivity index (χ0) is 33.1. The number of nitrogens with one attached hydrogen (secondary N) is 1. The third-order valence-corrected chi connectivity index (χ3v) is 9.35. The molecule has 11 heteroatoms. The van der Waals surface area contributed by atoms with Gasteiger partial charge in [0, 0.05) is 24.5 Å². The molecule has 46 heavy (non-hydrogen) atoms. The Morgan fingerprint density at radius 2 is 1.52 bits per heavy atom. The summed E-state index contributed by atoms with van der Waals surface area (Å²) in [6.45, 7) is 1.76. The van der Waals surface area contributed by atoms with Crippen molar-refractivity contribution in [3.8, 4) is 11.5 Å². The lowest BCUT2D eigenvalue weighted by atomic mass is 10.0. The van der Waals surface area contributed by atoms with Gasteiger partial charge >= 0.3 is 0 Å². The summed E-state index contributed by atoms with van der Waals surface area (Å²) in [5, 5.41) is 3.40. The Labute approximate surface area is 275 Å². The summed E-state index contributed by atoms with van der Waals surface area (Å²) >= 11 is 6.30. The van der Waals surface area contributed by atoms with Crippen LogP contribution in [0.1, 0.15) is 24.5 Å². The van der Waals surface area contributed by atoms with E-state index in [0.717, 1.165) is 9.87 Å². The van der Waals surface area contributed by atoms with Crippen LogP contribution < -0.4 is 19.1 Å². The number of ether oxygens (including phenoxy) is 2. The first-order valence-electron chi connectivity index (χ1n) is 14.8. The zero-order valence-corrected chi connectivity index (χ0v) is 27.6. The number of nitrogens with zero attached hydrogens (tertiary/aromatic N) is 2. The molecule has 0 unspecified atom stereocenters. The van der Waals surface area contributed by atoms with Crippen molar-refractivity contribution >= 4 is 39.1 Å². The summed E-state index contributed by atoms with van der Waals surface area (Å²) in [5.41, 5.74) is 1.70. The zero-order valence-electron chi connectivity index (χ0n) is 26.1. The molecule has 1 N–H and O–H groups in total. The van der Waals surface area contributed by atoms with E-state index in [0.29, 0.717) is 29.3 Å². The summed E-state index contributed by atoms with van der Waals surface area (Å²) in [4.78, 5) is 29.7. The van der Waals surface area contributed by atoms with E-state index in [4.69, 9.17) is 21.1 Å². The molecule has 0 saturated carbocycles. The molecule has 0 aliphatic carbocycles. The molecule has 0 aromatic heterocycles. The van der Waals surface area contributed by atoms with Gasteiger partial charge < -0.3 is 19.7 Å². The maximum atomic E-state index is 14.6. The Morgan fingerprint density at radius 3 is 2.17 bits per heavy atom. The third-order valence-electron chi connectivity index (χ3n) is 7.34. The summed E-state index contributed by atoms with van der Waals surface area (Å²) in [7, 11) is -1.39. The Hall–Kier alpha value is -4.54. The molecule has 0 heterocycles. The molecular weight excluding hydrogens is 626 g/mol. The van der Waals surface area contributed by atoms with Crippen LogP contribution in [0.15, 0.2) is 108 Å². The molecule has 0 aliphatic rings. The third kappa shape index (κ3) is 8.58. The fourth-order valence-corrected chi connectivity index (χ4v) is 6.61. The van der Waals surface area contributed by atoms with Crippen molar-refractivity contribution in [1.82, 2.24) is 10.2 Å². The highest BCUT2D eigenvalue weighted by Gasteiger charge is 2.35. The first kappa shape index (κ1) is 34.3. The normalized spacial score (nSPS) is 11.7. The SMILES string of the molecule is CCCNC(=O)[C@@H](Cc1ccccc1)N(Cc1cccc(Cl)c1)C(=O)CN(c1ccccc1OC)S(=O)(=O)c1ccc(OC)cc1. The number of anilines is 1. The van der Waals surface area contributed by atoms with Crippen LogP contribution in [-0.2, 0) is 32.6 Å². The van der Waals surface area contributed by atoms with Crippen LogP contribution in [0.3, 0.4) is 0 Å². The summed E-state index contributed by atoms with van der Waals surface area (Å²) in [6.07, 6.45) is 0.913. The second-order valence-electron chi connectivity index (χ2n) is 10.5. The van der Waals surface area contributed by atoms with Crippen LogP contribution in [0.2, 0.25) is 5.02 Å². The van der Waals surface area contributed by atoms with Gasteiger partial charge in [-0.1, -0.05) is 73.1 Å². The average Bonchev–Trinajstić information content (AvgIpc) is 3.08. The van der Waals surface area contributed by atoms with E-state index >= 15 is 0 Å². The van der Waals surface area contributed by atoms with Crippen LogP contribution >= 0.6 is 11.6 Å². The Balaban J connectivity index is 1.82. The molecule has 0 bridgehead atoms. The molecule has 1 atom stereocenters. The minimum atomic E-state index is -4.31. The van der Waals surface area contributed by atoms with Crippen LogP contribution in [0.25, 0.3) is 0 Å². The van der Waals surface area contributed by atoms with Crippen LogP contribution in [0, 0.1) is 0 Å². The maximum absolute atomic E-state index is 14.6. The summed E-state index contributed by atoms with van der Waals surface area (Å²) in [5.74, 6) is -0.192. The molecule has 9 nitrogen and oxygen atoms in total. The van der Waals surface area contributed by atoms with Gasteiger partial charge in [0.25, 0.3) is 10.0 Å². The number of para-hydroxylation sites is 2. The Kier molecular flexibility index (Phi) is 12.1. The highest BCUT2D eigenvalue weighted by Crippen LogP contribution is 2.33. The number of methoxy groups -OCH3 is 2. The van der Waals surface area contributed by atoms with Gasteiger partial charge in [0.1, 0.15) is 24.1 Å². The summed E-state index contributed by atoms with van der Waals surface area (Å²) < 4.78 is 40.3. The van der Waals surface area contributed by atoms with Gasteiger partial charge in [-0.15, -0.1) is 0 Å². The molecule has 242 valence electrons. The largest absolute Gasteiger partial charge is 0.497 e. The number of amides is 2. The molecule has 0 fully saturated rings. The molecule has 0 saturated heterocycles. The second kappa shape index (κ2) is 16.1. The summed E-state index contributed by atoms with van der Waals surface area (Å²) in [6, 6.07) is 27.9. The van der Waals surface area contributed by atoms with Crippen LogP contribution in [-0.4, -0.2) is 58.5 Å². The topological polar surface area (TPSA) is 105 Å². The lowest BCUT2D eigenvalue weighted by molar-refractivity contribution is -0.140. The van der Waals surface area contributed by atoms with Gasteiger partial charge in [-0.2, -0.15) is 0 Å². The van der Waals surface area contributed by atoms with Crippen molar-refractivity contribution in [3.63, 3.8) is 0 Å². The molecule has 0 spiro atoms. The van der Waals surface area contributed by atoms with Gasteiger partial charge in [-0.3, -0.25) is 13.9 Å². The Morgan fingerprint density at radius 1 is 0.848 bits per heavy atom. The number of halogens is 1. The van der Waals surface area contributed by atoms with Crippen molar-refractivity contribution in [2.45, 2.75) is 37.2 Å². The van der Waals surface area contributed by atoms with E-state index in [9.17, 15) is 18.0 Å². The molecular formula is C35H38ClN3O6S. The minimum absolute atomic E-state index is 0.0127. The molecule has 2 amide bonds. The molecule has 0 radical (unpaired) electrons. The number of benzene rings is 4. The van der Waals surface area contributed by atoms with E-state index < -0.39 is 28.5 Å². The van der Waals surface area contributed by atoms with Crippen LogP contribution in [0.5, 0.6) is 11.5 Å². The number of carbonyl (C=O) groups is 2. The highest BCUT2D eigenvalue weighted by molar-refractivity contribution is 7.92. The predicted octanol–water partition coefficient (Wildman–Crippen LogP) is 5.72. The first-order valence-corrected chi connectivity index (χ1v) is 16.6.